The number of hydrogen-bond acceptors (Lipinski definition) is 3. The Morgan fingerprint density at radius 3 is 2.43 bits per heavy atom. The lowest BCUT2D eigenvalue weighted by atomic mass is 10.2. The van der Waals surface area contributed by atoms with Gasteiger partial charge in [-0.3, -0.25) is 4.79 Å². The Hall–Kier alpha value is -0.570. The molecule has 0 bridgehead atoms. The van der Waals surface area contributed by atoms with E-state index in [1.807, 2.05) is 13.8 Å². The highest BCUT2D eigenvalue weighted by Crippen LogP contribution is 2.07. The van der Waals surface area contributed by atoms with Crippen LogP contribution in [0, 0.1) is 0 Å². The molecule has 0 spiro atoms. The lowest BCUT2D eigenvalue weighted by molar-refractivity contribution is -0.179. The Balaban J connectivity index is 3.71. The summed E-state index contributed by atoms with van der Waals surface area (Å²) in [6, 6.07) is 0. The van der Waals surface area contributed by atoms with E-state index < -0.39 is 0 Å². The average Bonchev–Trinajstić information content (AvgIpc) is 2.15. The smallest absolute Gasteiger partial charge is 0.308 e. The molecule has 0 aromatic rings. The summed E-state index contributed by atoms with van der Waals surface area (Å²) in [6.45, 7) is 6.60. The molecule has 0 aliphatic carbocycles. The van der Waals surface area contributed by atoms with Crippen LogP contribution in [0.15, 0.2) is 0 Å². The first-order valence-corrected chi connectivity index (χ1v) is 5.55. The summed E-state index contributed by atoms with van der Waals surface area (Å²) in [5.41, 5.74) is 0. The van der Waals surface area contributed by atoms with Crippen molar-refractivity contribution < 1.29 is 14.3 Å². The maximum Gasteiger partial charge on any atom is 0.308 e. The van der Waals surface area contributed by atoms with Crippen molar-refractivity contribution in [2.45, 2.75) is 59.2 Å². The van der Waals surface area contributed by atoms with E-state index in [9.17, 15) is 4.79 Å². The van der Waals surface area contributed by atoms with Gasteiger partial charge >= 0.3 is 5.97 Å². The van der Waals surface area contributed by atoms with Gasteiger partial charge in [0.25, 0.3) is 0 Å². The van der Waals surface area contributed by atoms with Crippen LogP contribution in [0.3, 0.4) is 0 Å². The van der Waals surface area contributed by atoms with E-state index in [1.165, 1.54) is 0 Å². The normalized spacial score (nSPS) is 12.5. The zero-order valence-electron chi connectivity index (χ0n) is 9.54. The molecule has 0 aromatic carbocycles. The highest BCUT2D eigenvalue weighted by atomic mass is 16.7. The van der Waals surface area contributed by atoms with Crippen molar-refractivity contribution in [3.63, 3.8) is 0 Å². The van der Waals surface area contributed by atoms with Crippen molar-refractivity contribution in [1.82, 2.24) is 0 Å². The van der Waals surface area contributed by atoms with Gasteiger partial charge in [0.2, 0.25) is 6.29 Å². The molecule has 0 heterocycles. The van der Waals surface area contributed by atoms with Gasteiger partial charge in [0.1, 0.15) is 0 Å². The van der Waals surface area contributed by atoms with Gasteiger partial charge in [-0.2, -0.15) is 0 Å². The van der Waals surface area contributed by atoms with Crippen LogP contribution in [-0.2, 0) is 14.3 Å². The first-order chi connectivity index (χ1) is 6.74. The molecule has 3 nitrogen and oxygen atoms in total. The van der Waals surface area contributed by atoms with Crippen molar-refractivity contribution in [2.24, 2.45) is 0 Å². The summed E-state index contributed by atoms with van der Waals surface area (Å²) in [4.78, 5) is 11.3. The fourth-order valence-corrected chi connectivity index (χ4v) is 1.12. The molecule has 3 heteroatoms. The fourth-order valence-electron chi connectivity index (χ4n) is 1.12. The maximum absolute atomic E-state index is 11.3. The Bertz CT molecular complexity index is 139. The third-order valence-electron chi connectivity index (χ3n) is 1.87. The Morgan fingerprint density at radius 1 is 1.21 bits per heavy atom. The quantitative estimate of drug-likeness (QED) is 0.448. The number of unbranched alkanes of at least 4 members (excludes halogenated alkanes) is 1. The monoisotopic (exact) mass is 202 g/mol. The molecule has 84 valence electrons. The lowest BCUT2D eigenvalue weighted by Gasteiger charge is -2.16. The predicted octanol–water partition coefficient (Wildman–Crippen LogP) is 2.88. The minimum absolute atomic E-state index is 0.140. The molecule has 0 amide bonds. The number of rotatable bonds is 8. The third kappa shape index (κ3) is 6.89. The van der Waals surface area contributed by atoms with E-state index in [-0.39, 0.29) is 12.3 Å². The second-order valence-electron chi connectivity index (χ2n) is 3.27. The number of hydrogen-bond donors (Lipinski definition) is 0. The second-order valence-corrected chi connectivity index (χ2v) is 3.27. The zero-order valence-corrected chi connectivity index (χ0v) is 9.54. The van der Waals surface area contributed by atoms with Gasteiger partial charge in [-0.15, -0.1) is 0 Å². The lowest BCUT2D eigenvalue weighted by Crippen LogP contribution is -2.21. The first-order valence-electron chi connectivity index (χ1n) is 5.55. The first kappa shape index (κ1) is 13.4. The van der Waals surface area contributed by atoms with Crippen LogP contribution in [0.1, 0.15) is 52.9 Å². The standard InChI is InChI=1S/C11H22O3/c1-4-7-9-10(12)14-11(8-5-2)13-6-3/h11H,4-9H2,1-3H3. The molecule has 0 aliphatic rings. The molecule has 1 unspecified atom stereocenters. The van der Waals surface area contributed by atoms with Crippen molar-refractivity contribution >= 4 is 5.97 Å². The van der Waals surface area contributed by atoms with Crippen molar-refractivity contribution in [3.05, 3.63) is 0 Å². The number of esters is 1. The molecule has 0 N–H and O–H groups in total. The molecular formula is C11H22O3. The Morgan fingerprint density at radius 2 is 1.93 bits per heavy atom. The molecule has 1 atom stereocenters. The predicted molar refractivity (Wildman–Crippen MR) is 55.9 cm³/mol. The minimum Gasteiger partial charge on any atom is -0.436 e. The van der Waals surface area contributed by atoms with Crippen molar-refractivity contribution in [1.29, 1.82) is 0 Å². The average molecular weight is 202 g/mol. The Kier molecular flexibility index (Phi) is 8.64. The summed E-state index contributed by atoms with van der Waals surface area (Å²) in [7, 11) is 0. The van der Waals surface area contributed by atoms with Gasteiger partial charge in [0, 0.05) is 19.4 Å². The van der Waals surface area contributed by atoms with Crippen molar-refractivity contribution in [3.8, 4) is 0 Å². The highest BCUT2D eigenvalue weighted by Gasteiger charge is 2.12. The second kappa shape index (κ2) is 9.00. The van der Waals surface area contributed by atoms with Gasteiger partial charge in [-0.05, 0) is 13.3 Å². The van der Waals surface area contributed by atoms with E-state index >= 15 is 0 Å². The summed E-state index contributed by atoms with van der Waals surface area (Å²) in [6.07, 6.45) is 3.82. The fraction of sp³-hybridized carbons (Fsp3) is 0.909. The molecule has 0 fully saturated rings. The molecule has 14 heavy (non-hydrogen) atoms. The summed E-state index contributed by atoms with van der Waals surface area (Å²) in [5, 5.41) is 0. The number of carbonyl (C=O) groups excluding carboxylic acids is 1. The van der Waals surface area contributed by atoms with Crippen LogP contribution < -0.4 is 0 Å². The SMILES string of the molecule is CCCCC(=O)OC(CCC)OCC. The highest BCUT2D eigenvalue weighted by molar-refractivity contribution is 5.69. The van der Waals surface area contributed by atoms with E-state index in [1.54, 1.807) is 0 Å². The topological polar surface area (TPSA) is 35.5 Å². The molecule has 0 aromatic heterocycles. The van der Waals surface area contributed by atoms with Gasteiger partial charge in [0.05, 0.1) is 0 Å². The molecule has 0 radical (unpaired) electrons. The summed E-state index contributed by atoms with van der Waals surface area (Å²) < 4.78 is 10.5. The van der Waals surface area contributed by atoms with Crippen LogP contribution in [0.25, 0.3) is 0 Å². The van der Waals surface area contributed by atoms with Crippen molar-refractivity contribution in [2.75, 3.05) is 6.61 Å². The van der Waals surface area contributed by atoms with Crippen LogP contribution in [0.4, 0.5) is 0 Å². The molecule has 0 rings (SSSR count). The maximum atomic E-state index is 11.3. The molecule has 0 aliphatic heterocycles. The van der Waals surface area contributed by atoms with Crippen LogP contribution in [0.2, 0.25) is 0 Å². The van der Waals surface area contributed by atoms with E-state index in [0.717, 1.165) is 25.7 Å². The van der Waals surface area contributed by atoms with Crippen LogP contribution in [-0.4, -0.2) is 18.9 Å². The zero-order chi connectivity index (χ0) is 10.8. The Labute approximate surface area is 86.8 Å². The minimum atomic E-state index is -0.339. The van der Waals surface area contributed by atoms with Crippen LogP contribution >= 0.6 is 0 Å². The number of carbonyl (C=O) groups is 1. The molecule has 0 saturated heterocycles. The molecular weight excluding hydrogens is 180 g/mol. The number of ether oxygens (including phenoxy) is 2. The third-order valence-corrected chi connectivity index (χ3v) is 1.87. The van der Waals surface area contributed by atoms with Gasteiger partial charge in [0.15, 0.2) is 0 Å². The van der Waals surface area contributed by atoms with E-state index in [0.29, 0.717) is 13.0 Å². The van der Waals surface area contributed by atoms with E-state index in [2.05, 4.69) is 6.92 Å². The van der Waals surface area contributed by atoms with Gasteiger partial charge in [-0.25, -0.2) is 0 Å². The summed E-state index contributed by atoms with van der Waals surface area (Å²) in [5.74, 6) is -0.140. The van der Waals surface area contributed by atoms with E-state index in [4.69, 9.17) is 9.47 Å². The molecule has 0 saturated carbocycles. The van der Waals surface area contributed by atoms with Crippen LogP contribution in [0.5, 0.6) is 0 Å². The van der Waals surface area contributed by atoms with Gasteiger partial charge in [-0.1, -0.05) is 26.7 Å². The van der Waals surface area contributed by atoms with Gasteiger partial charge < -0.3 is 9.47 Å². The largest absolute Gasteiger partial charge is 0.436 e. The summed E-state index contributed by atoms with van der Waals surface area (Å²) >= 11 is 0.